The number of nitrogens with zero attached hydrogens (tertiary/aromatic N) is 1. The van der Waals surface area contributed by atoms with Crippen LogP contribution in [0.5, 0.6) is 0 Å². The first kappa shape index (κ1) is 26.7. The number of amides is 1. The number of benzene rings is 2. The van der Waals surface area contributed by atoms with Gasteiger partial charge in [-0.15, -0.1) is 0 Å². The van der Waals surface area contributed by atoms with Crippen molar-refractivity contribution in [2.45, 2.75) is 43.4 Å². The summed E-state index contributed by atoms with van der Waals surface area (Å²) in [4.78, 5) is 16.0. The van der Waals surface area contributed by atoms with Crippen molar-refractivity contribution in [3.8, 4) is 0 Å². The summed E-state index contributed by atoms with van der Waals surface area (Å²) >= 11 is 12.3. The number of aryl methyl sites for hydroxylation is 1. The van der Waals surface area contributed by atoms with Crippen molar-refractivity contribution < 1.29 is 22.3 Å². The molecule has 1 unspecified atom stereocenters. The Labute approximate surface area is 213 Å². The Balaban J connectivity index is 2.10. The summed E-state index contributed by atoms with van der Waals surface area (Å²) in [6.45, 7) is 6.83. The molecule has 1 amide bonds. The SMILES string of the molecule is Cc1ccc(F)c(C(c2cc(NNC(=O)OC(C)(C)C)ncc2Cl)S(=O)(=O)c2ccc(Cl)cc2)c1. The molecule has 2 N–H and O–H groups in total. The second kappa shape index (κ2) is 10.4. The number of hydrogen-bond acceptors (Lipinski definition) is 6. The van der Waals surface area contributed by atoms with Crippen LogP contribution < -0.4 is 10.9 Å². The second-order valence-corrected chi connectivity index (χ2v) is 11.6. The van der Waals surface area contributed by atoms with Gasteiger partial charge in [0, 0.05) is 16.8 Å². The Kier molecular flexibility index (Phi) is 7.93. The molecule has 11 heteroatoms. The van der Waals surface area contributed by atoms with Gasteiger partial charge in [0.2, 0.25) is 0 Å². The Morgan fingerprint density at radius 2 is 1.71 bits per heavy atom. The third-order valence-electron chi connectivity index (χ3n) is 4.75. The number of aromatic nitrogens is 1. The summed E-state index contributed by atoms with van der Waals surface area (Å²) in [6, 6.07) is 11.1. The van der Waals surface area contributed by atoms with Crippen molar-refractivity contribution in [2.75, 3.05) is 5.43 Å². The number of pyridine rings is 1. The molecule has 35 heavy (non-hydrogen) atoms. The molecule has 0 aliphatic heterocycles. The van der Waals surface area contributed by atoms with Crippen LogP contribution in [-0.2, 0) is 14.6 Å². The Hall–Kier alpha value is -2.88. The van der Waals surface area contributed by atoms with Gasteiger partial charge in [-0.3, -0.25) is 5.43 Å². The third-order valence-corrected chi connectivity index (χ3v) is 7.37. The molecule has 0 aliphatic rings. The maximum atomic E-state index is 15.0. The van der Waals surface area contributed by atoms with Crippen LogP contribution in [-0.4, -0.2) is 25.1 Å². The monoisotopic (exact) mass is 539 g/mol. The van der Waals surface area contributed by atoms with Crippen LogP contribution in [0.4, 0.5) is 15.0 Å². The molecule has 0 aliphatic carbocycles. The first-order valence-corrected chi connectivity index (χ1v) is 12.7. The molecular formula is C24H24Cl2FN3O4S. The van der Waals surface area contributed by atoms with Gasteiger partial charge in [0.25, 0.3) is 0 Å². The number of ether oxygens (including phenoxy) is 1. The molecule has 2 aromatic carbocycles. The van der Waals surface area contributed by atoms with E-state index in [4.69, 9.17) is 27.9 Å². The molecule has 1 heterocycles. The average molecular weight is 540 g/mol. The number of sulfone groups is 1. The fourth-order valence-corrected chi connectivity index (χ4v) is 5.50. The van der Waals surface area contributed by atoms with E-state index in [1.807, 2.05) is 0 Å². The normalized spacial score (nSPS) is 12.7. The molecule has 0 saturated heterocycles. The molecule has 0 fully saturated rings. The maximum Gasteiger partial charge on any atom is 0.426 e. The quantitative estimate of drug-likeness (QED) is 0.359. The summed E-state index contributed by atoms with van der Waals surface area (Å²) in [7, 11) is -4.21. The van der Waals surface area contributed by atoms with Gasteiger partial charge < -0.3 is 4.74 Å². The van der Waals surface area contributed by atoms with E-state index in [-0.39, 0.29) is 26.9 Å². The number of anilines is 1. The van der Waals surface area contributed by atoms with E-state index in [9.17, 15) is 13.2 Å². The van der Waals surface area contributed by atoms with E-state index in [0.29, 0.717) is 10.6 Å². The number of rotatable bonds is 6. The minimum Gasteiger partial charge on any atom is -0.443 e. The molecule has 3 rings (SSSR count). The van der Waals surface area contributed by atoms with Gasteiger partial charge >= 0.3 is 6.09 Å². The van der Waals surface area contributed by atoms with Crippen molar-refractivity contribution >= 4 is 45.0 Å². The van der Waals surface area contributed by atoms with Crippen molar-refractivity contribution in [2.24, 2.45) is 0 Å². The lowest BCUT2D eigenvalue weighted by molar-refractivity contribution is 0.0541. The van der Waals surface area contributed by atoms with Crippen LogP contribution in [0.3, 0.4) is 0 Å². The predicted molar refractivity (Wildman–Crippen MR) is 134 cm³/mol. The highest BCUT2D eigenvalue weighted by Crippen LogP contribution is 2.40. The molecular weight excluding hydrogens is 516 g/mol. The van der Waals surface area contributed by atoms with Crippen LogP contribution in [0.2, 0.25) is 10.0 Å². The van der Waals surface area contributed by atoms with Gasteiger partial charge in [-0.25, -0.2) is 28.0 Å². The van der Waals surface area contributed by atoms with Crippen molar-refractivity contribution in [1.29, 1.82) is 0 Å². The van der Waals surface area contributed by atoms with E-state index in [1.165, 1.54) is 54.7 Å². The number of carbonyl (C=O) groups is 1. The van der Waals surface area contributed by atoms with Crippen molar-refractivity contribution in [1.82, 2.24) is 10.4 Å². The number of hydrazine groups is 1. The van der Waals surface area contributed by atoms with Crippen molar-refractivity contribution in [3.05, 3.63) is 87.3 Å². The Morgan fingerprint density at radius 3 is 2.34 bits per heavy atom. The van der Waals surface area contributed by atoms with Gasteiger partial charge in [0.15, 0.2) is 9.84 Å². The smallest absolute Gasteiger partial charge is 0.426 e. The fourth-order valence-electron chi connectivity index (χ4n) is 3.27. The Bertz CT molecular complexity index is 1340. The van der Waals surface area contributed by atoms with Gasteiger partial charge in [-0.2, -0.15) is 0 Å². The molecule has 0 radical (unpaired) electrons. The lowest BCUT2D eigenvalue weighted by atomic mass is 10.0. The topological polar surface area (TPSA) is 97.4 Å². The van der Waals surface area contributed by atoms with Crippen molar-refractivity contribution in [3.63, 3.8) is 0 Å². The Morgan fingerprint density at radius 1 is 1.06 bits per heavy atom. The highest BCUT2D eigenvalue weighted by Gasteiger charge is 2.35. The van der Waals surface area contributed by atoms with E-state index in [0.717, 1.165) is 0 Å². The van der Waals surface area contributed by atoms with Crippen LogP contribution in [0.25, 0.3) is 0 Å². The standard InChI is InChI=1S/C24H24Cl2FN3O4S/c1-14-5-10-20(27)18(11-14)22(35(32,33)16-8-6-15(25)7-9-16)17-12-21(28-13-19(17)26)29-30-23(31)34-24(2,3)4/h5-13,22H,1-4H3,(H,28,29)(H,30,31). The second-order valence-electron chi connectivity index (χ2n) is 8.75. The predicted octanol–water partition coefficient (Wildman–Crippen LogP) is 6.25. The van der Waals surface area contributed by atoms with Gasteiger partial charge in [-0.1, -0.05) is 40.9 Å². The summed E-state index contributed by atoms with van der Waals surface area (Å²) in [6.07, 6.45) is 0.444. The van der Waals surface area contributed by atoms with Crippen LogP contribution in [0.15, 0.2) is 59.6 Å². The van der Waals surface area contributed by atoms with Gasteiger partial charge in [-0.05, 0) is 69.7 Å². The lowest BCUT2D eigenvalue weighted by Crippen LogP contribution is -2.36. The maximum absolute atomic E-state index is 15.0. The minimum atomic E-state index is -4.21. The van der Waals surface area contributed by atoms with E-state index < -0.39 is 32.6 Å². The number of halogens is 3. The highest BCUT2D eigenvalue weighted by molar-refractivity contribution is 7.92. The van der Waals surface area contributed by atoms with Crippen LogP contribution in [0, 0.1) is 12.7 Å². The third kappa shape index (κ3) is 6.62. The molecule has 1 aromatic heterocycles. The highest BCUT2D eigenvalue weighted by atomic mass is 35.5. The first-order chi connectivity index (χ1) is 16.3. The zero-order valence-corrected chi connectivity index (χ0v) is 21.7. The number of nitrogens with one attached hydrogen (secondary N) is 2. The van der Waals surface area contributed by atoms with E-state index in [2.05, 4.69) is 15.8 Å². The van der Waals surface area contributed by atoms with Gasteiger partial charge in [0.05, 0.1) is 9.92 Å². The molecule has 186 valence electrons. The largest absolute Gasteiger partial charge is 0.443 e. The lowest BCUT2D eigenvalue weighted by Gasteiger charge is -2.22. The summed E-state index contributed by atoms with van der Waals surface area (Å²) < 4.78 is 47.8. The average Bonchev–Trinajstić information content (AvgIpc) is 2.75. The molecule has 0 spiro atoms. The van der Waals surface area contributed by atoms with Crippen LogP contribution in [0.1, 0.15) is 42.7 Å². The zero-order valence-electron chi connectivity index (χ0n) is 19.4. The number of carbonyl (C=O) groups excluding carboxylic acids is 1. The fraction of sp³-hybridized carbons (Fsp3) is 0.250. The van der Waals surface area contributed by atoms with E-state index >= 15 is 4.39 Å². The molecule has 0 saturated carbocycles. The molecule has 0 bridgehead atoms. The summed E-state index contributed by atoms with van der Waals surface area (Å²) in [5.41, 5.74) is 4.80. The molecule has 1 atom stereocenters. The molecule has 7 nitrogen and oxygen atoms in total. The van der Waals surface area contributed by atoms with Gasteiger partial charge in [0.1, 0.15) is 22.5 Å². The summed E-state index contributed by atoms with van der Waals surface area (Å²) in [5.74, 6) is -0.646. The molecule has 3 aromatic rings. The first-order valence-electron chi connectivity index (χ1n) is 10.4. The zero-order chi connectivity index (χ0) is 26.0. The number of hydrogen-bond donors (Lipinski definition) is 2. The van der Waals surface area contributed by atoms with E-state index in [1.54, 1.807) is 27.7 Å². The van der Waals surface area contributed by atoms with Crippen LogP contribution >= 0.6 is 23.2 Å². The summed E-state index contributed by atoms with van der Waals surface area (Å²) in [5, 5.41) is -1.17. The minimum absolute atomic E-state index is 0.00346.